The van der Waals surface area contributed by atoms with Gasteiger partial charge < -0.3 is 20.9 Å². The summed E-state index contributed by atoms with van der Waals surface area (Å²) in [7, 11) is 0. The van der Waals surface area contributed by atoms with Crippen molar-refractivity contribution in [3.8, 4) is 0 Å². The van der Waals surface area contributed by atoms with E-state index in [9.17, 15) is 19.2 Å². The van der Waals surface area contributed by atoms with Crippen molar-refractivity contribution in [1.29, 1.82) is 0 Å². The van der Waals surface area contributed by atoms with E-state index in [1.54, 1.807) is 29.2 Å². The van der Waals surface area contributed by atoms with Crippen molar-refractivity contribution in [2.45, 2.75) is 24.6 Å². The predicted octanol–water partition coefficient (Wildman–Crippen LogP) is 3.53. The first-order valence-corrected chi connectivity index (χ1v) is 12.9. The largest absolute Gasteiger partial charge is 0.326 e. The number of carbonyl (C=O) groups is 4. The highest BCUT2D eigenvalue weighted by Crippen LogP contribution is 2.29. The van der Waals surface area contributed by atoms with Gasteiger partial charge in [-0.3, -0.25) is 19.2 Å². The van der Waals surface area contributed by atoms with Crippen molar-refractivity contribution >= 4 is 68.9 Å². The Balaban J connectivity index is 1.24. The Morgan fingerprint density at radius 2 is 1.67 bits per heavy atom. The van der Waals surface area contributed by atoms with E-state index < -0.39 is 5.92 Å². The predicted molar refractivity (Wildman–Crippen MR) is 140 cm³/mol. The fraction of sp³-hybridized carbons (Fsp3) is 0.250. The Morgan fingerprint density at radius 1 is 1.00 bits per heavy atom. The molecule has 1 aromatic heterocycles. The van der Waals surface area contributed by atoms with E-state index >= 15 is 0 Å². The van der Waals surface area contributed by atoms with Gasteiger partial charge in [-0.25, -0.2) is 0 Å². The zero-order valence-corrected chi connectivity index (χ0v) is 21.2. The highest BCUT2D eigenvalue weighted by molar-refractivity contribution is 8.01. The van der Waals surface area contributed by atoms with Gasteiger partial charge in [0, 0.05) is 37.0 Å². The van der Waals surface area contributed by atoms with Gasteiger partial charge in [-0.05, 0) is 43.3 Å². The molecule has 10 nitrogen and oxygen atoms in total. The van der Waals surface area contributed by atoms with E-state index in [4.69, 9.17) is 0 Å². The van der Waals surface area contributed by atoms with Crippen LogP contribution < -0.4 is 20.9 Å². The average molecular weight is 525 g/mol. The van der Waals surface area contributed by atoms with Crippen molar-refractivity contribution in [3.63, 3.8) is 0 Å². The van der Waals surface area contributed by atoms with Crippen LogP contribution in [0.2, 0.25) is 0 Å². The zero-order valence-electron chi connectivity index (χ0n) is 19.6. The molecule has 2 heterocycles. The van der Waals surface area contributed by atoms with Gasteiger partial charge in [0.1, 0.15) is 0 Å². The van der Waals surface area contributed by atoms with E-state index in [1.165, 1.54) is 30.0 Å². The minimum Gasteiger partial charge on any atom is -0.326 e. The second-order valence-corrected chi connectivity index (χ2v) is 10.4. The third kappa shape index (κ3) is 6.67. The normalized spacial score (nSPS) is 15.0. The van der Waals surface area contributed by atoms with E-state index in [0.717, 1.165) is 11.3 Å². The molecule has 186 valence electrons. The Hall–Kier alpha value is -3.77. The minimum atomic E-state index is -0.485. The van der Waals surface area contributed by atoms with Crippen LogP contribution >= 0.6 is 23.1 Å². The molecule has 4 amide bonds. The summed E-state index contributed by atoms with van der Waals surface area (Å²) in [5.41, 5.74) is 3.12. The van der Waals surface area contributed by atoms with Crippen molar-refractivity contribution in [2.75, 3.05) is 33.1 Å². The molecule has 1 aliphatic rings. The summed E-state index contributed by atoms with van der Waals surface area (Å²) >= 11 is 2.37. The number of anilines is 4. The van der Waals surface area contributed by atoms with E-state index in [1.807, 2.05) is 31.2 Å². The highest BCUT2D eigenvalue weighted by atomic mass is 32.2. The van der Waals surface area contributed by atoms with Gasteiger partial charge in [0.15, 0.2) is 4.34 Å². The molecular formula is C24H24N6O4S2. The lowest BCUT2D eigenvalue weighted by molar-refractivity contribution is -0.122. The number of nitrogens with zero attached hydrogens (tertiary/aromatic N) is 3. The summed E-state index contributed by atoms with van der Waals surface area (Å²) in [6.45, 7) is 3.70. The molecule has 0 radical (unpaired) electrons. The van der Waals surface area contributed by atoms with Gasteiger partial charge >= 0.3 is 0 Å². The van der Waals surface area contributed by atoms with Crippen LogP contribution in [0.4, 0.5) is 22.2 Å². The maximum Gasteiger partial charge on any atom is 0.234 e. The lowest BCUT2D eigenvalue weighted by Gasteiger charge is -2.16. The molecular weight excluding hydrogens is 500 g/mol. The molecule has 0 bridgehead atoms. The summed E-state index contributed by atoms with van der Waals surface area (Å²) in [6, 6.07) is 14.4. The number of carbonyl (C=O) groups excluding carboxylic acids is 4. The fourth-order valence-electron chi connectivity index (χ4n) is 3.55. The molecule has 1 saturated heterocycles. The summed E-state index contributed by atoms with van der Waals surface area (Å²) in [6.07, 6.45) is 0.131. The molecule has 3 N–H and O–H groups in total. The Kier molecular flexibility index (Phi) is 7.96. The van der Waals surface area contributed by atoms with Crippen molar-refractivity contribution in [1.82, 2.24) is 10.2 Å². The monoisotopic (exact) mass is 524 g/mol. The van der Waals surface area contributed by atoms with Crippen LogP contribution in [-0.4, -0.2) is 46.1 Å². The molecule has 1 aliphatic heterocycles. The van der Waals surface area contributed by atoms with Gasteiger partial charge in [-0.1, -0.05) is 40.8 Å². The van der Waals surface area contributed by atoms with Gasteiger partial charge in [-0.15, -0.1) is 10.2 Å². The molecule has 1 atom stereocenters. The molecule has 0 saturated carbocycles. The highest BCUT2D eigenvalue weighted by Gasteiger charge is 2.35. The third-order valence-corrected chi connectivity index (χ3v) is 7.27. The van der Waals surface area contributed by atoms with Crippen LogP contribution in [0.1, 0.15) is 18.9 Å². The Morgan fingerprint density at radius 3 is 2.33 bits per heavy atom. The quantitative estimate of drug-likeness (QED) is 0.303. The van der Waals surface area contributed by atoms with Gasteiger partial charge in [-0.2, -0.15) is 0 Å². The van der Waals surface area contributed by atoms with Crippen LogP contribution in [0, 0.1) is 12.8 Å². The summed E-state index contributed by atoms with van der Waals surface area (Å²) < 4.78 is 0.533. The Bertz CT molecular complexity index is 1280. The van der Waals surface area contributed by atoms with Crippen LogP contribution in [0.15, 0.2) is 52.9 Å². The van der Waals surface area contributed by atoms with E-state index in [-0.39, 0.29) is 35.8 Å². The van der Waals surface area contributed by atoms with Gasteiger partial charge in [0.2, 0.25) is 28.8 Å². The minimum absolute atomic E-state index is 0.0942. The molecule has 3 aromatic rings. The van der Waals surface area contributed by atoms with Crippen LogP contribution in [0.5, 0.6) is 0 Å². The smallest absolute Gasteiger partial charge is 0.234 e. The number of rotatable bonds is 8. The molecule has 0 spiro atoms. The molecule has 12 heteroatoms. The SMILES string of the molecule is CC(=O)Nc1ccc(NC(=O)CSc2nnc(NC(=O)C3CC(=O)N(c4ccc(C)cc4)C3)s2)cc1. The van der Waals surface area contributed by atoms with Crippen LogP contribution in [0.3, 0.4) is 0 Å². The third-order valence-electron chi connectivity index (χ3n) is 5.29. The van der Waals surface area contributed by atoms with E-state index in [0.29, 0.717) is 27.4 Å². The maximum atomic E-state index is 12.7. The van der Waals surface area contributed by atoms with Crippen LogP contribution in [0.25, 0.3) is 0 Å². The fourth-order valence-corrected chi connectivity index (χ4v) is 5.10. The lowest BCUT2D eigenvalue weighted by atomic mass is 10.1. The molecule has 4 rings (SSSR count). The number of amides is 4. The number of aromatic nitrogens is 2. The summed E-state index contributed by atoms with van der Waals surface area (Å²) in [5, 5.41) is 16.5. The molecule has 0 aliphatic carbocycles. The Labute approximate surface area is 215 Å². The van der Waals surface area contributed by atoms with Crippen molar-refractivity contribution in [2.24, 2.45) is 5.92 Å². The summed E-state index contributed by atoms with van der Waals surface area (Å²) in [4.78, 5) is 50.1. The molecule has 1 fully saturated rings. The van der Waals surface area contributed by atoms with Crippen LogP contribution in [-0.2, 0) is 19.2 Å². The second kappa shape index (κ2) is 11.3. The lowest BCUT2D eigenvalue weighted by Crippen LogP contribution is -2.28. The van der Waals surface area contributed by atoms with Gasteiger partial charge in [0.25, 0.3) is 0 Å². The number of hydrogen-bond donors (Lipinski definition) is 3. The molecule has 1 unspecified atom stereocenters. The van der Waals surface area contributed by atoms with Crippen molar-refractivity contribution < 1.29 is 19.2 Å². The topological polar surface area (TPSA) is 133 Å². The zero-order chi connectivity index (χ0) is 25.7. The van der Waals surface area contributed by atoms with Crippen molar-refractivity contribution in [3.05, 3.63) is 54.1 Å². The number of aryl methyl sites for hydroxylation is 1. The second-order valence-electron chi connectivity index (χ2n) is 8.20. The maximum absolute atomic E-state index is 12.7. The average Bonchev–Trinajstić information content (AvgIpc) is 3.45. The molecule has 36 heavy (non-hydrogen) atoms. The first kappa shape index (κ1) is 25.3. The molecule has 2 aromatic carbocycles. The first-order chi connectivity index (χ1) is 17.3. The number of nitrogens with one attached hydrogen (secondary N) is 3. The number of thioether (sulfide) groups is 1. The number of benzene rings is 2. The number of hydrogen-bond acceptors (Lipinski definition) is 8. The van der Waals surface area contributed by atoms with E-state index in [2.05, 4.69) is 26.1 Å². The standard InChI is InChI=1S/C24H24N6O4S2/c1-14-3-9-19(10-4-14)30-12-16(11-21(30)33)22(34)27-23-28-29-24(36-23)35-13-20(32)26-18-7-5-17(6-8-18)25-15(2)31/h3-10,16H,11-13H2,1-2H3,(H,25,31)(H,26,32)(H,27,28,34). The first-order valence-electron chi connectivity index (χ1n) is 11.1. The summed E-state index contributed by atoms with van der Waals surface area (Å²) in [5.74, 6) is -1.15. The van der Waals surface area contributed by atoms with Gasteiger partial charge in [0.05, 0.1) is 11.7 Å².